The number of hydrogen-bond acceptors (Lipinski definition) is 3. The summed E-state index contributed by atoms with van der Waals surface area (Å²) in [6.07, 6.45) is 0.0324. The van der Waals surface area contributed by atoms with Crippen LogP contribution in [0.5, 0.6) is 0 Å². The highest BCUT2D eigenvalue weighted by atomic mass is 16.6. The van der Waals surface area contributed by atoms with Crippen LogP contribution in [-0.4, -0.2) is 46.9 Å². The first-order valence-corrected chi connectivity index (χ1v) is 4.13. The summed E-state index contributed by atoms with van der Waals surface area (Å²) in [5.41, 5.74) is 0. The van der Waals surface area contributed by atoms with Crippen molar-refractivity contribution in [3.63, 3.8) is 0 Å². The molecule has 1 rings (SSSR count). The molecule has 1 aliphatic heterocycles. The molecule has 1 saturated heterocycles. The van der Waals surface area contributed by atoms with Crippen LogP contribution in [0.4, 0.5) is 0 Å². The minimum absolute atomic E-state index is 0.0231. The van der Waals surface area contributed by atoms with Gasteiger partial charge in [0.1, 0.15) is 14.0 Å². The third-order valence-electron chi connectivity index (χ3n) is 2.34. The molecule has 0 bridgehead atoms. The Kier molecular flexibility index (Phi) is 3.56. The zero-order chi connectivity index (χ0) is 9.14. The van der Waals surface area contributed by atoms with Crippen LogP contribution in [0.3, 0.4) is 0 Å². The molecule has 0 saturated carbocycles. The minimum atomic E-state index is -0.227. The first-order chi connectivity index (χ1) is 5.70. The van der Waals surface area contributed by atoms with Gasteiger partial charge in [-0.25, -0.2) is 0 Å². The minimum Gasteiger partial charge on any atom is -0.382 e. The first kappa shape index (κ1) is 10.0. The maximum absolute atomic E-state index is 5.71. The van der Waals surface area contributed by atoms with E-state index in [0.717, 1.165) is 0 Å². The van der Waals surface area contributed by atoms with Crippen molar-refractivity contribution in [3.05, 3.63) is 0 Å². The monoisotopic (exact) mass is 170 g/mol. The predicted molar refractivity (Wildman–Crippen MR) is 46.3 cm³/mol. The Labute approximate surface area is 74.8 Å². The van der Waals surface area contributed by atoms with Crippen molar-refractivity contribution in [2.45, 2.75) is 25.1 Å². The fourth-order valence-corrected chi connectivity index (χ4v) is 1.59. The largest absolute Gasteiger partial charge is 0.382 e. The van der Waals surface area contributed by atoms with Gasteiger partial charge in [-0.2, -0.15) is 0 Å². The van der Waals surface area contributed by atoms with Crippen LogP contribution in [0.2, 0.25) is 0 Å². The molecule has 0 N–H and O–H groups in total. The summed E-state index contributed by atoms with van der Waals surface area (Å²) in [6, 6.07) is -0.227. The molecule has 1 heterocycles. The molecule has 0 amide bonds. The standard InChI is InChI=1S/C8H15BO3/c1-5-7(11-3)6(4-10-2)12-8(5)9/h5-8H,4H2,1-3H3. The summed E-state index contributed by atoms with van der Waals surface area (Å²) in [6.45, 7) is 2.56. The lowest BCUT2D eigenvalue weighted by Gasteiger charge is -2.18. The predicted octanol–water partition coefficient (Wildman–Crippen LogP) is 0.177. The van der Waals surface area contributed by atoms with Crippen LogP contribution in [0.15, 0.2) is 0 Å². The van der Waals surface area contributed by atoms with E-state index in [0.29, 0.717) is 6.61 Å². The maximum atomic E-state index is 5.71. The van der Waals surface area contributed by atoms with E-state index >= 15 is 0 Å². The lowest BCUT2D eigenvalue weighted by molar-refractivity contribution is -0.0335. The third kappa shape index (κ3) is 1.81. The Bertz CT molecular complexity index is 142. The molecule has 4 atom stereocenters. The fourth-order valence-electron chi connectivity index (χ4n) is 1.59. The van der Waals surface area contributed by atoms with E-state index < -0.39 is 0 Å². The summed E-state index contributed by atoms with van der Waals surface area (Å²) in [5, 5.41) is 0. The van der Waals surface area contributed by atoms with Crippen molar-refractivity contribution >= 4 is 7.85 Å². The number of rotatable bonds is 3. The highest BCUT2D eigenvalue weighted by Gasteiger charge is 2.39. The normalized spacial score (nSPS) is 41.9. The van der Waals surface area contributed by atoms with E-state index in [2.05, 4.69) is 0 Å². The van der Waals surface area contributed by atoms with E-state index in [1.165, 1.54) is 0 Å². The highest BCUT2D eigenvalue weighted by molar-refractivity contribution is 6.11. The summed E-state index contributed by atoms with van der Waals surface area (Å²) < 4.78 is 15.7. The molecular weight excluding hydrogens is 155 g/mol. The molecule has 4 unspecified atom stereocenters. The van der Waals surface area contributed by atoms with Crippen LogP contribution < -0.4 is 0 Å². The smallest absolute Gasteiger partial charge is 0.109 e. The molecule has 1 fully saturated rings. The van der Waals surface area contributed by atoms with Gasteiger partial charge in [0.25, 0.3) is 0 Å². The highest BCUT2D eigenvalue weighted by Crippen LogP contribution is 2.27. The van der Waals surface area contributed by atoms with Crippen molar-refractivity contribution in [2.24, 2.45) is 5.92 Å². The quantitative estimate of drug-likeness (QED) is 0.565. The summed E-state index contributed by atoms with van der Waals surface area (Å²) in [7, 11) is 9.02. The van der Waals surface area contributed by atoms with Gasteiger partial charge < -0.3 is 14.2 Å². The number of ether oxygens (including phenoxy) is 3. The van der Waals surface area contributed by atoms with Gasteiger partial charge in [0.2, 0.25) is 0 Å². The summed E-state index contributed by atoms with van der Waals surface area (Å²) in [5.74, 6) is 0.232. The van der Waals surface area contributed by atoms with Crippen LogP contribution >= 0.6 is 0 Å². The van der Waals surface area contributed by atoms with Gasteiger partial charge in [-0.3, -0.25) is 0 Å². The second kappa shape index (κ2) is 4.26. The van der Waals surface area contributed by atoms with E-state index in [1.807, 2.05) is 6.92 Å². The van der Waals surface area contributed by atoms with Gasteiger partial charge in [-0.05, 0) is 0 Å². The Balaban J connectivity index is 2.52. The number of hydrogen-bond donors (Lipinski definition) is 0. The molecule has 0 spiro atoms. The molecule has 2 radical (unpaired) electrons. The zero-order valence-electron chi connectivity index (χ0n) is 7.82. The van der Waals surface area contributed by atoms with Gasteiger partial charge in [0.15, 0.2) is 0 Å². The average Bonchev–Trinajstić information content (AvgIpc) is 2.29. The van der Waals surface area contributed by atoms with E-state index in [1.54, 1.807) is 14.2 Å². The molecule has 0 aromatic carbocycles. The molecule has 0 aromatic heterocycles. The van der Waals surface area contributed by atoms with Crippen molar-refractivity contribution in [1.29, 1.82) is 0 Å². The van der Waals surface area contributed by atoms with Crippen LogP contribution in [0.1, 0.15) is 6.92 Å². The molecule has 4 heteroatoms. The Morgan fingerprint density at radius 1 is 1.42 bits per heavy atom. The molecule has 68 valence electrons. The number of methoxy groups -OCH3 is 2. The van der Waals surface area contributed by atoms with Gasteiger partial charge in [-0.15, -0.1) is 0 Å². The third-order valence-corrected chi connectivity index (χ3v) is 2.34. The Morgan fingerprint density at radius 3 is 2.58 bits per heavy atom. The van der Waals surface area contributed by atoms with Crippen LogP contribution in [-0.2, 0) is 14.2 Å². The Hall–Kier alpha value is -0.0551. The molecule has 0 aliphatic carbocycles. The Morgan fingerprint density at radius 2 is 2.08 bits per heavy atom. The van der Waals surface area contributed by atoms with E-state index in [4.69, 9.17) is 22.1 Å². The lowest BCUT2D eigenvalue weighted by Crippen LogP contribution is -2.31. The first-order valence-electron chi connectivity index (χ1n) is 4.13. The van der Waals surface area contributed by atoms with Crippen LogP contribution in [0, 0.1) is 5.92 Å². The molecule has 1 aliphatic rings. The topological polar surface area (TPSA) is 27.7 Å². The van der Waals surface area contributed by atoms with E-state index in [9.17, 15) is 0 Å². The summed E-state index contributed by atoms with van der Waals surface area (Å²) >= 11 is 0. The van der Waals surface area contributed by atoms with Gasteiger partial charge in [-0.1, -0.05) is 6.92 Å². The molecule has 3 nitrogen and oxygen atoms in total. The van der Waals surface area contributed by atoms with Crippen molar-refractivity contribution < 1.29 is 14.2 Å². The van der Waals surface area contributed by atoms with Gasteiger partial charge in [0, 0.05) is 26.1 Å². The summed E-state index contributed by atoms with van der Waals surface area (Å²) in [4.78, 5) is 0. The van der Waals surface area contributed by atoms with Crippen molar-refractivity contribution in [3.8, 4) is 0 Å². The van der Waals surface area contributed by atoms with E-state index in [-0.39, 0.29) is 24.1 Å². The average molecular weight is 170 g/mol. The van der Waals surface area contributed by atoms with Gasteiger partial charge in [0.05, 0.1) is 12.7 Å². The SMILES string of the molecule is [B]C1OC(COC)C(OC)C1C. The van der Waals surface area contributed by atoms with Crippen molar-refractivity contribution in [2.75, 3.05) is 20.8 Å². The molecule has 0 aromatic rings. The molecular formula is C8H15BO3. The molecule has 12 heavy (non-hydrogen) atoms. The zero-order valence-corrected chi connectivity index (χ0v) is 7.82. The lowest BCUT2D eigenvalue weighted by atomic mass is 9.86. The van der Waals surface area contributed by atoms with Crippen LogP contribution in [0.25, 0.3) is 0 Å². The van der Waals surface area contributed by atoms with Gasteiger partial charge >= 0.3 is 0 Å². The fraction of sp³-hybridized carbons (Fsp3) is 1.00. The maximum Gasteiger partial charge on any atom is 0.109 e. The second-order valence-corrected chi connectivity index (χ2v) is 3.15. The van der Waals surface area contributed by atoms with Crippen molar-refractivity contribution in [1.82, 2.24) is 0 Å². The second-order valence-electron chi connectivity index (χ2n) is 3.15.